The zero-order chi connectivity index (χ0) is 18.1. The monoisotopic (exact) mass is 340 g/mol. The van der Waals surface area contributed by atoms with E-state index in [-0.39, 0.29) is 5.78 Å². The lowest BCUT2D eigenvalue weighted by atomic mass is 10.1. The molecule has 0 saturated heterocycles. The highest BCUT2D eigenvalue weighted by Crippen LogP contribution is 2.23. The summed E-state index contributed by atoms with van der Waals surface area (Å²) in [5.41, 5.74) is 1.46. The van der Waals surface area contributed by atoms with Gasteiger partial charge in [-0.25, -0.2) is 0 Å². The van der Waals surface area contributed by atoms with Crippen LogP contribution in [0.3, 0.4) is 0 Å². The van der Waals surface area contributed by atoms with Crippen molar-refractivity contribution < 1.29 is 19.0 Å². The molecule has 2 aromatic carbocycles. The predicted octanol–water partition coefficient (Wildman–Crippen LogP) is 4.78. The number of allylic oxidation sites excluding steroid dienone is 1. The standard InChI is InChI=1S/C21H24O4/c1-4-5-12-25-18-9-6-16(7-10-18)8-11-21(22)17-13-19(23-2)15-20(14-17)24-3/h6-11,13-15H,4-5,12H2,1-3H3. The van der Waals surface area contributed by atoms with Gasteiger partial charge in [0.25, 0.3) is 0 Å². The van der Waals surface area contributed by atoms with Crippen LogP contribution in [0.5, 0.6) is 17.2 Å². The molecule has 0 bridgehead atoms. The number of methoxy groups -OCH3 is 2. The number of ketones is 1. The van der Waals surface area contributed by atoms with Gasteiger partial charge in [-0.2, -0.15) is 0 Å². The van der Waals surface area contributed by atoms with Gasteiger partial charge in [0.15, 0.2) is 5.78 Å². The summed E-state index contributed by atoms with van der Waals surface area (Å²) in [6.45, 7) is 2.86. The molecule has 0 unspecified atom stereocenters. The van der Waals surface area contributed by atoms with Gasteiger partial charge in [0.2, 0.25) is 0 Å². The summed E-state index contributed by atoms with van der Waals surface area (Å²) in [5.74, 6) is 1.91. The lowest BCUT2D eigenvalue weighted by Gasteiger charge is -2.06. The van der Waals surface area contributed by atoms with Crippen LogP contribution in [0, 0.1) is 0 Å². The number of carbonyl (C=O) groups is 1. The van der Waals surface area contributed by atoms with E-state index in [1.165, 1.54) is 0 Å². The summed E-state index contributed by atoms with van der Waals surface area (Å²) < 4.78 is 16.0. The van der Waals surface area contributed by atoms with Gasteiger partial charge in [-0.15, -0.1) is 0 Å². The minimum Gasteiger partial charge on any atom is -0.497 e. The highest BCUT2D eigenvalue weighted by Gasteiger charge is 2.07. The van der Waals surface area contributed by atoms with E-state index in [1.807, 2.05) is 24.3 Å². The van der Waals surface area contributed by atoms with Crippen LogP contribution >= 0.6 is 0 Å². The van der Waals surface area contributed by atoms with Crippen molar-refractivity contribution in [2.75, 3.05) is 20.8 Å². The quantitative estimate of drug-likeness (QED) is 0.374. The van der Waals surface area contributed by atoms with Gasteiger partial charge in [-0.1, -0.05) is 31.6 Å². The summed E-state index contributed by atoms with van der Waals surface area (Å²) >= 11 is 0. The molecule has 0 spiro atoms. The second kappa shape index (κ2) is 9.52. The molecule has 25 heavy (non-hydrogen) atoms. The zero-order valence-electron chi connectivity index (χ0n) is 15.0. The number of unbranched alkanes of at least 4 members (excludes halogenated alkanes) is 1. The molecular formula is C21H24O4. The second-order valence-corrected chi connectivity index (χ2v) is 5.57. The number of benzene rings is 2. The molecule has 0 fully saturated rings. The van der Waals surface area contributed by atoms with Crippen molar-refractivity contribution in [1.29, 1.82) is 0 Å². The lowest BCUT2D eigenvalue weighted by Crippen LogP contribution is -1.97. The van der Waals surface area contributed by atoms with Crippen LogP contribution in [0.15, 0.2) is 48.5 Å². The fourth-order valence-corrected chi connectivity index (χ4v) is 2.23. The van der Waals surface area contributed by atoms with Gasteiger partial charge < -0.3 is 14.2 Å². The van der Waals surface area contributed by atoms with Crippen molar-refractivity contribution in [2.45, 2.75) is 19.8 Å². The molecule has 4 heteroatoms. The average Bonchev–Trinajstić information content (AvgIpc) is 2.66. The third kappa shape index (κ3) is 5.68. The maximum Gasteiger partial charge on any atom is 0.186 e. The number of carbonyl (C=O) groups excluding carboxylic acids is 1. The highest BCUT2D eigenvalue weighted by atomic mass is 16.5. The number of hydrogen-bond acceptors (Lipinski definition) is 4. The summed E-state index contributed by atoms with van der Waals surface area (Å²) in [4.78, 5) is 12.4. The van der Waals surface area contributed by atoms with E-state index in [4.69, 9.17) is 14.2 Å². The van der Waals surface area contributed by atoms with Crippen LogP contribution < -0.4 is 14.2 Å². The molecule has 0 amide bonds. The zero-order valence-corrected chi connectivity index (χ0v) is 15.0. The Morgan fingerprint density at radius 3 is 2.16 bits per heavy atom. The molecule has 0 heterocycles. The molecule has 0 aliphatic heterocycles. The van der Waals surface area contributed by atoms with Gasteiger partial charge in [-0.3, -0.25) is 4.79 Å². The number of ether oxygens (including phenoxy) is 3. The number of rotatable bonds is 9. The van der Waals surface area contributed by atoms with Gasteiger partial charge in [0.1, 0.15) is 17.2 Å². The molecule has 132 valence electrons. The van der Waals surface area contributed by atoms with E-state index in [1.54, 1.807) is 44.6 Å². The molecule has 4 nitrogen and oxygen atoms in total. The van der Waals surface area contributed by atoms with E-state index in [9.17, 15) is 4.79 Å². The molecule has 0 atom stereocenters. The van der Waals surface area contributed by atoms with Crippen LogP contribution in [0.25, 0.3) is 6.08 Å². The Hall–Kier alpha value is -2.75. The Bertz CT molecular complexity index is 695. The van der Waals surface area contributed by atoms with Gasteiger partial charge >= 0.3 is 0 Å². The van der Waals surface area contributed by atoms with Crippen molar-refractivity contribution in [3.63, 3.8) is 0 Å². The van der Waals surface area contributed by atoms with Gasteiger partial charge in [-0.05, 0) is 42.3 Å². The van der Waals surface area contributed by atoms with E-state index in [2.05, 4.69) is 6.92 Å². The maximum absolute atomic E-state index is 12.4. The first kappa shape index (κ1) is 18.6. The SMILES string of the molecule is CCCCOc1ccc(C=CC(=O)c2cc(OC)cc(OC)c2)cc1. The van der Waals surface area contributed by atoms with Crippen LogP contribution in [0.2, 0.25) is 0 Å². The lowest BCUT2D eigenvalue weighted by molar-refractivity contribution is 0.104. The molecule has 0 saturated carbocycles. The van der Waals surface area contributed by atoms with E-state index >= 15 is 0 Å². The van der Waals surface area contributed by atoms with Crippen molar-refractivity contribution in [3.05, 3.63) is 59.7 Å². The average molecular weight is 340 g/mol. The van der Waals surface area contributed by atoms with Crippen LogP contribution in [-0.4, -0.2) is 26.6 Å². The predicted molar refractivity (Wildman–Crippen MR) is 99.8 cm³/mol. The summed E-state index contributed by atoms with van der Waals surface area (Å²) in [7, 11) is 3.12. The third-order valence-corrected chi connectivity index (χ3v) is 3.71. The topological polar surface area (TPSA) is 44.8 Å². The van der Waals surface area contributed by atoms with Crippen molar-refractivity contribution in [2.24, 2.45) is 0 Å². The molecule has 0 aliphatic carbocycles. The summed E-state index contributed by atoms with van der Waals surface area (Å²) in [5, 5.41) is 0. The summed E-state index contributed by atoms with van der Waals surface area (Å²) in [6, 6.07) is 12.8. The van der Waals surface area contributed by atoms with Gasteiger partial charge in [0, 0.05) is 11.6 Å². The Kier molecular flexibility index (Phi) is 7.08. The smallest absolute Gasteiger partial charge is 0.186 e. The van der Waals surface area contributed by atoms with E-state index < -0.39 is 0 Å². The maximum atomic E-state index is 12.4. The minimum absolute atomic E-state index is 0.111. The largest absolute Gasteiger partial charge is 0.497 e. The van der Waals surface area contributed by atoms with E-state index in [0.29, 0.717) is 17.1 Å². The Balaban J connectivity index is 2.04. The number of hydrogen-bond donors (Lipinski definition) is 0. The molecule has 0 aromatic heterocycles. The molecule has 2 aromatic rings. The highest BCUT2D eigenvalue weighted by molar-refractivity contribution is 6.07. The first-order chi connectivity index (χ1) is 12.2. The second-order valence-electron chi connectivity index (χ2n) is 5.57. The molecule has 0 N–H and O–H groups in total. The first-order valence-electron chi connectivity index (χ1n) is 8.34. The minimum atomic E-state index is -0.111. The van der Waals surface area contributed by atoms with Crippen LogP contribution in [-0.2, 0) is 0 Å². The van der Waals surface area contributed by atoms with Gasteiger partial charge in [0.05, 0.1) is 20.8 Å². The Labute approximate surface area is 149 Å². The van der Waals surface area contributed by atoms with Crippen LogP contribution in [0.1, 0.15) is 35.7 Å². The molecule has 2 rings (SSSR count). The Morgan fingerprint density at radius 2 is 1.60 bits per heavy atom. The molecule has 0 radical (unpaired) electrons. The van der Waals surface area contributed by atoms with Crippen molar-refractivity contribution in [3.8, 4) is 17.2 Å². The first-order valence-corrected chi connectivity index (χ1v) is 8.34. The Morgan fingerprint density at radius 1 is 0.960 bits per heavy atom. The molecular weight excluding hydrogens is 316 g/mol. The fourth-order valence-electron chi connectivity index (χ4n) is 2.23. The van der Waals surface area contributed by atoms with E-state index in [0.717, 1.165) is 30.8 Å². The normalized spacial score (nSPS) is 10.7. The third-order valence-electron chi connectivity index (χ3n) is 3.71. The summed E-state index contributed by atoms with van der Waals surface area (Å²) in [6.07, 6.45) is 5.48. The molecule has 0 aliphatic rings. The fraction of sp³-hybridized carbons (Fsp3) is 0.286. The van der Waals surface area contributed by atoms with Crippen molar-refractivity contribution in [1.82, 2.24) is 0 Å². The van der Waals surface area contributed by atoms with Crippen molar-refractivity contribution >= 4 is 11.9 Å². The van der Waals surface area contributed by atoms with Crippen LogP contribution in [0.4, 0.5) is 0 Å².